The van der Waals surface area contributed by atoms with Crippen LogP contribution >= 0.6 is 0 Å². The van der Waals surface area contributed by atoms with Crippen LogP contribution in [0.3, 0.4) is 0 Å². The molecule has 1 amide bonds. The number of rotatable bonds is 3. The van der Waals surface area contributed by atoms with Gasteiger partial charge in [0.05, 0.1) is 6.61 Å². The zero-order valence-electron chi connectivity index (χ0n) is 10.4. The zero-order chi connectivity index (χ0) is 12.4. The van der Waals surface area contributed by atoms with Crippen molar-refractivity contribution in [1.29, 1.82) is 0 Å². The van der Waals surface area contributed by atoms with Crippen LogP contribution in [0.4, 0.5) is 0 Å². The van der Waals surface area contributed by atoms with E-state index in [0.717, 1.165) is 17.5 Å². The smallest absolute Gasteiger partial charge is 0.254 e. The lowest BCUT2D eigenvalue weighted by Crippen LogP contribution is -2.39. The molecule has 3 heteroatoms. The summed E-state index contributed by atoms with van der Waals surface area (Å²) in [4.78, 5) is 13.9. The molecule has 1 N–H and O–H groups in total. The van der Waals surface area contributed by atoms with Crippen molar-refractivity contribution in [1.82, 2.24) is 4.90 Å². The van der Waals surface area contributed by atoms with Gasteiger partial charge in [0, 0.05) is 18.7 Å². The minimum Gasteiger partial charge on any atom is -0.395 e. The number of carbonyl (C=O) groups excluding carboxylic acids is 1. The molecule has 1 aromatic carbocycles. The average Bonchev–Trinajstić information content (AvgIpc) is 2.32. The van der Waals surface area contributed by atoms with E-state index in [2.05, 4.69) is 26.0 Å². The van der Waals surface area contributed by atoms with Crippen LogP contribution in [-0.2, 0) is 6.42 Å². The summed E-state index contributed by atoms with van der Waals surface area (Å²) in [6, 6.07) is 6.18. The Kier molecular flexibility index (Phi) is 3.48. The number of amides is 1. The van der Waals surface area contributed by atoms with Gasteiger partial charge in [-0.3, -0.25) is 4.79 Å². The molecule has 1 aliphatic heterocycles. The molecule has 17 heavy (non-hydrogen) atoms. The Hall–Kier alpha value is -1.35. The van der Waals surface area contributed by atoms with E-state index in [1.165, 1.54) is 5.56 Å². The Labute approximate surface area is 102 Å². The van der Waals surface area contributed by atoms with E-state index in [0.29, 0.717) is 19.0 Å². The van der Waals surface area contributed by atoms with Crippen molar-refractivity contribution < 1.29 is 9.90 Å². The topological polar surface area (TPSA) is 40.5 Å². The van der Waals surface area contributed by atoms with E-state index < -0.39 is 0 Å². The number of hydrogen-bond acceptors (Lipinski definition) is 2. The van der Waals surface area contributed by atoms with Crippen LogP contribution in [0, 0.1) is 0 Å². The third kappa shape index (κ3) is 2.34. The van der Waals surface area contributed by atoms with E-state index >= 15 is 0 Å². The van der Waals surface area contributed by atoms with Crippen molar-refractivity contribution >= 4 is 5.91 Å². The summed E-state index contributed by atoms with van der Waals surface area (Å²) in [6.45, 7) is 5.43. The second-order valence-corrected chi connectivity index (χ2v) is 4.84. The van der Waals surface area contributed by atoms with Gasteiger partial charge in [0.25, 0.3) is 5.91 Å². The number of β-amino-alcohol motifs (C(OH)–C–C–N with tert-alkyl or cyclic N) is 1. The summed E-state index contributed by atoms with van der Waals surface area (Å²) in [5, 5.41) is 8.93. The zero-order valence-corrected chi connectivity index (χ0v) is 10.4. The van der Waals surface area contributed by atoms with Gasteiger partial charge < -0.3 is 10.0 Å². The molecule has 92 valence electrons. The number of hydrogen-bond donors (Lipinski definition) is 1. The van der Waals surface area contributed by atoms with Gasteiger partial charge in [0.1, 0.15) is 0 Å². The van der Waals surface area contributed by atoms with Crippen molar-refractivity contribution in [2.75, 3.05) is 19.7 Å². The maximum Gasteiger partial charge on any atom is 0.254 e. The molecule has 0 aliphatic carbocycles. The highest BCUT2D eigenvalue weighted by atomic mass is 16.3. The number of aliphatic hydroxyl groups excluding tert-OH is 1. The number of benzene rings is 1. The minimum atomic E-state index is 0.0327. The lowest BCUT2D eigenvalue weighted by atomic mass is 9.93. The molecule has 0 spiro atoms. The van der Waals surface area contributed by atoms with E-state index in [1.54, 1.807) is 4.90 Å². The first-order chi connectivity index (χ1) is 8.13. The maximum absolute atomic E-state index is 12.2. The van der Waals surface area contributed by atoms with E-state index in [-0.39, 0.29) is 12.5 Å². The lowest BCUT2D eigenvalue weighted by molar-refractivity contribution is 0.0705. The average molecular weight is 233 g/mol. The lowest BCUT2D eigenvalue weighted by Gasteiger charge is -2.28. The van der Waals surface area contributed by atoms with Crippen molar-refractivity contribution in [3.63, 3.8) is 0 Å². The van der Waals surface area contributed by atoms with Crippen LogP contribution in [0.25, 0.3) is 0 Å². The fraction of sp³-hybridized carbons (Fsp3) is 0.500. The van der Waals surface area contributed by atoms with Crippen LogP contribution in [-0.4, -0.2) is 35.6 Å². The molecule has 0 bridgehead atoms. The molecule has 2 rings (SSSR count). The summed E-state index contributed by atoms with van der Waals surface area (Å²) in [7, 11) is 0. The number of fused-ring (bicyclic) bond motifs is 1. The second-order valence-electron chi connectivity index (χ2n) is 4.84. The van der Waals surface area contributed by atoms with E-state index in [4.69, 9.17) is 5.11 Å². The summed E-state index contributed by atoms with van der Waals surface area (Å²) >= 11 is 0. The first kappa shape index (κ1) is 12.1. The van der Waals surface area contributed by atoms with Crippen LogP contribution in [0.2, 0.25) is 0 Å². The molecule has 1 aliphatic rings. The van der Waals surface area contributed by atoms with Gasteiger partial charge in [0.2, 0.25) is 0 Å². The quantitative estimate of drug-likeness (QED) is 0.864. The normalized spacial score (nSPS) is 15.3. The highest BCUT2D eigenvalue weighted by Gasteiger charge is 2.24. The first-order valence-corrected chi connectivity index (χ1v) is 6.16. The van der Waals surface area contributed by atoms with Gasteiger partial charge in [0.15, 0.2) is 0 Å². The molecule has 0 radical (unpaired) electrons. The number of carbonyl (C=O) groups is 1. The fourth-order valence-electron chi connectivity index (χ4n) is 2.23. The monoisotopic (exact) mass is 233 g/mol. The molecule has 0 fully saturated rings. The molecule has 0 unspecified atom stereocenters. The standard InChI is InChI=1S/C14H19NO2/c1-10(2)12-4-3-11-5-6-15(7-8-16)14(17)13(11)9-12/h3-4,9-10,16H,5-8H2,1-2H3. The summed E-state index contributed by atoms with van der Waals surface area (Å²) < 4.78 is 0. The SMILES string of the molecule is CC(C)c1ccc2c(c1)C(=O)N(CCO)CC2. The number of nitrogens with zero attached hydrogens (tertiary/aromatic N) is 1. The van der Waals surface area contributed by atoms with Crippen molar-refractivity contribution in [2.45, 2.75) is 26.2 Å². The Balaban J connectivity index is 2.33. The maximum atomic E-state index is 12.2. The van der Waals surface area contributed by atoms with Crippen molar-refractivity contribution in [3.05, 3.63) is 34.9 Å². The molecular weight excluding hydrogens is 214 g/mol. The van der Waals surface area contributed by atoms with Crippen LogP contribution in [0.5, 0.6) is 0 Å². The minimum absolute atomic E-state index is 0.0327. The Morgan fingerprint density at radius 1 is 1.41 bits per heavy atom. The Morgan fingerprint density at radius 3 is 2.82 bits per heavy atom. The van der Waals surface area contributed by atoms with Gasteiger partial charge in [-0.2, -0.15) is 0 Å². The summed E-state index contributed by atoms with van der Waals surface area (Å²) in [5.74, 6) is 0.490. The van der Waals surface area contributed by atoms with Gasteiger partial charge >= 0.3 is 0 Å². The second kappa shape index (κ2) is 4.88. The predicted molar refractivity (Wildman–Crippen MR) is 67.2 cm³/mol. The highest BCUT2D eigenvalue weighted by Crippen LogP contribution is 2.23. The van der Waals surface area contributed by atoms with Crippen LogP contribution in [0.1, 0.15) is 41.3 Å². The van der Waals surface area contributed by atoms with Gasteiger partial charge in [-0.25, -0.2) is 0 Å². The third-order valence-corrected chi connectivity index (χ3v) is 3.34. The summed E-state index contributed by atoms with van der Waals surface area (Å²) in [5.41, 5.74) is 3.15. The molecule has 3 nitrogen and oxygen atoms in total. The Bertz CT molecular complexity index is 426. The van der Waals surface area contributed by atoms with Gasteiger partial charge in [-0.15, -0.1) is 0 Å². The highest BCUT2D eigenvalue weighted by molar-refractivity contribution is 5.97. The summed E-state index contributed by atoms with van der Waals surface area (Å²) in [6.07, 6.45) is 0.888. The predicted octanol–water partition coefficient (Wildman–Crippen LogP) is 1.80. The fourth-order valence-corrected chi connectivity index (χ4v) is 2.23. The first-order valence-electron chi connectivity index (χ1n) is 6.16. The van der Waals surface area contributed by atoms with Crippen molar-refractivity contribution in [3.8, 4) is 0 Å². The van der Waals surface area contributed by atoms with Crippen molar-refractivity contribution in [2.24, 2.45) is 0 Å². The van der Waals surface area contributed by atoms with Gasteiger partial charge in [-0.1, -0.05) is 26.0 Å². The van der Waals surface area contributed by atoms with Gasteiger partial charge in [-0.05, 0) is 29.5 Å². The van der Waals surface area contributed by atoms with E-state index in [9.17, 15) is 4.79 Å². The molecule has 0 saturated heterocycles. The third-order valence-electron chi connectivity index (χ3n) is 3.34. The molecule has 1 aromatic rings. The van der Waals surface area contributed by atoms with E-state index in [1.807, 2.05) is 6.07 Å². The molecule has 0 saturated carbocycles. The Morgan fingerprint density at radius 2 is 2.18 bits per heavy atom. The molecule has 1 heterocycles. The van der Waals surface area contributed by atoms with Crippen LogP contribution < -0.4 is 0 Å². The van der Waals surface area contributed by atoms with Crippen LogP contribution in [0.15, 0.2) is 18.2 Å². The molecule has 0 aromatic heterocycles. The molecular formula is C14H19NO2. The number of aliphatic hydroxyl groups is 1. The largest absolute Gasteiger partial charge is 0.395 e. The molecule has 0 atom stereocenters.